The molecule has 0 aliphatic carbocycles. The van der Waals surface area contributed by atoms with E-state index in [0.717, 1.165) is 38.5 Å². The molecule has 0 saturated heterocycles. The molecule has 0 saturated carbocycles. The van der Waals surface area contributed by atoms with Crippen LogP contribution in [0.5, 0.6) is 0 Å². The lowest BCUT2D eigenvalue weighted by Gasteiger charge is -2.37. The van der Waals surface area contributed by atoms with Crippen molar-refractivity contribution in [2.24, 2.45) is 17.3 Å². The van der Waals surface area contributed by atoms with Crippen LogP contribution in [0.2, 0.25) is 0 Å². The minimum absolute atomic E-state index is 0.162. The van der Waals surface area contributed by atoms with Crippen LogP contribution in [-0.2, 0) is 9.59 Å². The third-order valence-corrected chi connectivity index (χ3v) is 5.94. The molecule has 0 unspecified atom stereocenters. The van der Waals surface area contributed by atoms with Gasteiger partial charge in [-0.05, 0) is 24.7 Å². The Kier molecular flexibility index (Phi) is 13.5. The fourth-order valence-electron chi connectivity index (χ4n) is 4.13. The third kappa shape index (κ3) is 9.59. The predicted molar refractivity (Wildman–Crippen MR) is 107 cm³/mol. The van der Waals surface area contributed by atoms with Crippen LogP contribution in [0.25, 0.3) is 0 Å². The molecule has 0 spiro atoms. The van der Waals surface area contributed by atoms with Gasteiger partial charge in [0.2, 0.25) is 0 Å². The summed E-state index contributed by atoms with van der Waals surface area (Å²) in [4.78, 5) is 22.2. The van der Waals surface area contributed by atoms with Crippen LogP contribution in [0.3, 0.4) is 0 Å². The van der Waals surface area contributed by atoms with Gasteiger partial charge in [0, 0.05) is 6.42 Å². The van der Waals surface area contributed by atoms with E-state index >= 15 is 0 Å². The second-order valence-corrected chi connectivity index (χ2v) is 8.44. The number of hydrogen-bond donors (Lipinski definition) is 2. The Morgan fingerprint density at radius 3 is 1.31 bits per heavy atom. The summed E-state index contributed by atoms with van der Waals surface area (Å²) >= 11 is 0. The molecule has 154 valence electrons. The first-order valence-corrected chi connectivity index (χ1v) is 10.7. The van der Waals surface area contributed by atoms with E-state index in [9.17, 15) is 14.7 Å². The lowest BCUT2D eigenvalue weighted by Crippen LogP contribution is -2.41. The van der Waals surface area contributed by atoms with Crippen LogP contribution in [-0.4, -0.2) is 22.2 Å². The van der Waals surface area contributed by atoms with Crippen molar-refractivity contribution in [2.45, 2.75) is 111 Å². The van der Waals surface area contributed by atoms with Gasteiger partial charge in [0.1, 0.15) is 0 Å². The van der Waals surface area contributed by atoms with Crippen LogP contribution >= 0.6 is 0 Å². The first-order chi connectivity index (χ1) is 12.2. The number of carboxylic acid groups (broad SMARTS) is 2. The van der Waals surface area contributed by atoms with Crippen LogP contribution in [0.15, 0.2) is 0 Å². The molecule has 0 bridgehead atoms. The average Bonchev–Trinajstić information content (AvgIpc) is 2.53. The van der Waals surface area contributed by atoms with Crippen molar-refractivity contribution in [1.29, 1.82) is 0 Å². The van der Waals surface area contributed by atoms with E-state index in [2.05, 4.69) is 0 Å². The summed E-state index contributed by atoms with van der Waals surface area (Å²) in [6, 6.07) is 0. The molecular weight excluding hydrogens is 328 g/mol. The second-order valence-electron chi connectivity index (χ2n) is 8.44. The molecule has 0 aliphatic heterocycles. The first kappa shape index (κ1) is 24.9. The van der Waals surface area contributed by atoms with E-state index in [1.54, 1.807) is 0 Å². The maximum atomic E-state index is 11.8. The molecule has 0 atom stereocenters. The summed E-state index contributed by atoms with van der Waals surface area (Å²) < 4.78 is 0. The van der Waals surface area contributed by atoms with Gasteiger partial charge in [-0.2, -0.15) is 0 Å². The highest BCUT2D eigenvalue weighted by molar-refractivity contribution is 5.75. The molecular formula is C22H42O4. The molecule has 26 heavy (non-hydrogen) atoms. The van der Waals surface area contributed by atoms with E-state index in [-0.39, 0.29) is 11.8 Å². The minimum atomic E-state index is -0.688. The molecule has 0 fully saturated rings. The molecule has 4 heteroatoms. The van der Waals surface area contributed by atoms with Crippen LogP contribution in [0, 0.1) is 17.3 Å². The Morgan fingerprint density at radius 2 is 1.00 bits per heavy atom. The van der Waals surface area contributed by atoms with E-state index in [4.69, 9.17) is 5.11 Å². The summed E-state index contributed by atoms with van der Waals surface area (Å²) in [5.74, 6) is -0.996. The summed E-state index contributed by atoms with van der Waals surface area (Å²) in [5.41, 5.74) is -0.583. The van der Waals surface area contributed by atoms with Crippen molar-refractivity contribution in [2.75, 3.05) is 0 Å². The first-order valence-electron chi connectivity index (χ1n) is 10.7. The van der Waals surface area contributed by atoms with Gasteiger partial charge in [-0.15, -0.1) is 0 Å². The number of carbonyl (C=O) groups is 2. The van der Waals surface area contributed by atoms with Gasteiger partial charge >= 0.3 is 11.9 Å². The Bertz CT molecular complexity index is 380. The largest absolute Gasteiger partial charge is 0.481 e. The lowest BCUT2D eigenvalue weighted by molar-refractivity contribution is -0.156. The van der Waals surface area contributed by atoms with Gasteiger partial charge in [0.25, 0.3) is 0 Å². The van der Waals surface area contributed by atoms with Crippen LogP contribution in [0.4, 0.5) is 0 Å². The third-order valence-electron chi connectivity index (χ3n) is 5.94. The zero-order valence-corrected chi connectivity index (χ0v) is 17.6. The Morgan fingerprint density at radius 1 is 0.654 bits per heavy atom. The van der Waals surface area contributed by atoms with Crippen molar-refractivity contribution in [1.82, 2.24) is 0 Å². The number of unbranched alkanes of at least 4 members (excludes halogenated alkanes) is 10. The normalized spacial score (nSPS) is 12.1. The molecule has 0 radical (unpaired) electrons. The number of hydrogen-bond acceptors (Lipinski definition) is 2. The smallest absolute Gasteiger partial charge is 0.310 e. The average molecular weight is 371 g/mol. The molecule has 0 aromatic rings. The van der Waals surface area contributed by atoms with E-state index in [1.165, 1.54) is 38.5 Å². The summed E-state index contributed by atoms with van der Waals surface area (Å²) in [6.45, 7) is 8.15. The summed E-state index contributed by atoms with van der Waals surface area (Å²) in [7, 11) is 0. The van der Waals surface area contributed by atoms with E-state index in [0.29, 0.717) is 6.42 Å². The van der Waals surface area contributed by atoms with Crippen LogP contribution in [0.1, 0.15) is 111 Å². The van der Waals surface area contributed by atoms with Gasteiger partial charge < -0.3 is 10.2 Å². The maximum Gasteiger partial charge on any atom is 0.310 e. The zero-order valence-electron chi connectivity index (χ0n) is 17.6. The molecule has 2 N–H and O–H groups in total. The molecule has 0 aromatic heterocycles. The van der Waals surface area contributed by atoms with E-state index in [1.807, 2.05) is 27.7 Å². The lowest BCUT2D eigenvalue weighted by atomic mass is 9.66. The number of rotatable bonds is 17. The van der Waals surface area contributed by atoms with Crippen molar-refractivity contribution in [3.63, 3.8) is 0 Å². The van der Waals surface area contributed by atoms with Gasteiger partial charge in [-0.3, -0.25) is 9.59 Å². The van der Waals surface area contributed by atoms with Gasteiger partial charge in [-0.25, -0.2) is 0 Å². The fourth-order valence-corrected chi connectivity index (χ4v) is 4.13. The summed E-state index contributed by atoms with van der Waals surface area (Å²) in [6.07, 6.45) is 13.6. The molecule has 4 nitrogen and oxygen atoms in total. The number of carboxylic acids is 2. The molecule has 0 aliphatic rings. The SMILES string of the molecule is CC(C)C(CCCCCCCCCCCCCC(=O)O)(C(=O)O)C(C)C. The molecule has 0 heterocycles. The minimum Gasteiger partial charge on any atom is -0.481 e. The second kappa shape index (κ2) is 14.1. The van der Waals surface area contributed by atoms with Crippen molar-refractivity contribution in [3.05, 3.63) is 0 Å². The van der Waals surface area contributed by atoms with Crippen LogP contribution < -0.4 is 0 Å². The Hall–Kier alpha value is -1.06. The maximum absolute atomic E-state index is 11.8. The van der Waals surface area contributed by atoms with E-state index < -0.39 is 17.4 Å². The monoisotopic (exact) mass is 370 g/mol. The standard InChI is InChI=1S/C22H42O4/c1-18(2)22(19(3)4,21(25)26)17-15-13-11-9-7-5-6-8-10-12-14-16-20(23)24/h18-19H,5-17H2,1-4H3,(H,23,24)(H,25,26). The topological polar surface area (TPSA) is 74.6 Å². The zero-order chi connectivity index (χ0) is 20.0. The molecule has 0 aromatic carbocycles. The van der Waals surface area contributed by atoms with Crippen molar-refractivity contribution in [3.8, 4) is 0 Å². The van der Waals surface area contributed by atoms with Gasteiger partial charge in [0.15, 0.2) is 0 Å². The quantitative estimate of drug-likeness (QED) is 0.286. The van der Waals surface area contributed by atoms with Crippen molar-refractivity contribution >= 4 is 11.9 Å². The Balaban J connectivity index is 3.69. The number of aliphatic carboxylic acids is 2. The molecule has 0 amide bonds. The van der Waals surface area contributed by atoms with Crippen molar-refractivity contribution < 1.29 is 19.8 Å². The Labute approximate surface area is 160 Å². The highest BCUT2D eigenvalue weighted by atomic mass is 16.4. The van der Waals surface area contributed by atoms with Gasteiger partial charge in [-0.1, -0.05) is 91.9 Å². The van der Waals surface area contributed by atoms with Gasteiger partial charge in [0.05, 0.1) is 5.41 Å². The molecule has 0 rings (SSSR count). The summed E-state index contributed by atoms with van der Waals surface area (Å²) in [5, 5.41) is 18.3. The highest BCUT2D eigenvalue weighted by Gasteiger charge is 2.43. The highest BCUT2D eigenvalue weighted by Crippen LogP contribution is 2.41. The predicted octanol–water partition coefficient (Wildman–Crippen LogP) is 6.53. The fraction of sp³-hybridized carbons (Fsp3) is 0.909.